The van der Waals surface area contributed by atoms with Crippen LogP contribution in [0.1, 0.15) is 47.0 Å². The Morgan fingerprint density at radius 2 is 1.88 bits per heavy atom. The van der Waals surface area contributed by atoms with Crippen molar-refractivity contribution in [1.82, 2.24) is 10.2 Å². The van der Waals surface area contributed by atoms with Crippen molar-refractivity contribution in [1.29, 1.82) is 0 Å². The van der Waals surface area contributed by atoms with Crippen LogP contribution in [0.25, 0.3) is 0 Å². The van der Waals surface area contributed by atoms with E-state index in [-0.39, 0.29) is 0 Å². The van der Waals surface area contributed by atoms with Gasteiger partial charge in [0.2, 0.25) is 0 Å². The number of hydrogen-bond donors (Lipinski definition) is 1. The summed E-state index contributed by atoms with van der Waals surface area (Å²) in [6.45, 7) is 10.6. The molecule has 0 saturated heterocycles. The highest BCUT2D eigenvalue weighted by Crippen LogP contribution is 2.39. The summed E-state index contributed by atoms with van der Waals surface area (Å²) in [6, 6.07) is 1.40. The molecule has 0 bridgehead atoms. The maximum atomic E-state index is 3.50. The van der Waals surface area contributed by atoms with E-state index in [1.807, 2.05) is 0 Å². The molecule has 1 rings (SSSR count). The first-order chi connectivity index (χ1) is 7.40. The van der Waals surface area contributed by atoms with Gasteiger partial charge in [-0.2, -0.15) is 0 Å². The van der Waals surface area contributed by atoms with E-state index in [2.05, 4.69) is 52.0 Å². The van der Waals surface area contributed by atoms with Crippen molar-refractivity contribution in [3.05, 3.63) is 0 Å². The summed E-state index contributed by atoms with van der Waals surface area (Å²) < 4.78 is 0. The van der Waals surface area contributed by atoms with Gasteiger partial charge in [0.05, 0.1) is 0 Å². The molecule has 0 aromatic rings. The lowest BCUT2D eigenvalue weighted by Gasteiger charge is -2.45. The topological polar surface area (TPSA) is 15.3 Å². The Kier molecular flexibility index (Phi) is 4.81. The van der Waals surface area contributed by atoms with Crippen LogP contribution in [0, 0.1) is 11.3 Å². The van der Waals surface area contributed by atoms with Gasteiger partial charge in [-0.15, -0.1) is 0 Å². The van der Waals surface area contributed by atoms with E-state index in [9.17, 15) is 0 Å². The Balaban J connectivity index is 2.69. The lowest BCUT2D eigenvalue weighted by Crippen LogP contribution is -2.52. The molecule has 1 fully saturated rings. The second-order valence-electron chi connectivity index (χ2n) is 6.41. The van der Waals surface area contributed by atoms with Crippen LogP contribution in [0.15, 0.2) is 0 Å². The van der Waals surface area contributed by atoms with Crippen molar-refractivity contribution in [3.63, 3.8) is 0 Å². The summed E-state index contributed by atoms with van der Waals surface area (Å²) in [5.74, 6) is 0.871. The van der Waals surface area contributed by atoms with Gasteiger partial charge in [-0.1, -0.05) is 27.7 Å². The lowest BCUT2D eigenvalue weighted by atomic mass is 9.69. The molecular formula is C14H30N2. The maximum absolute atomic E-state index is 3.50. The zero-order valence-electron chi connectivity index (χ0n) is 12.0. The lowest BCUT2D eigenvalue weighted by molar-refractivity contribution is 0.0776. The monoisotopic (exact) mass is 226 g/mol. The summed E-state index contributed by atoms with van der Waals surface area (Å²) in [5, 5.41) is 3.50. The van der Waals surface area contributed by atoms with Crippen molar-refractivity contribution < 1.29 is 0 Å². The van der Waals surface area contributed by atoms with E-state index in [0.29, 0.717) is 17.5 Å². The molecular weight excluding hydrogens is 196 g/mol. The molecule has 2 heteroatoms. The quantitative estimate of drug-likeness (QED) is 0.796. The number of rotatable bonds is 3. The average Bonchev–Trinajstić information content (AvgIpc) is 2.25. The van der Waals surface area contributed by atoms with E-state index in [1.54, 1.807) is 0 Å². The van der Waals surface area contributed by atoms with Gasteiger partial charge in [0, 0.05) is 12.1 Å². The SMILES string of the molecule is CCN(C)C1CC(C(C)(C)C)CCC1NC. The fourth-order valence-corrected chi connectivity index (χ4v) is 2.99. The van der Waals surface area contributed by atoms with Crippen LogP contribution in [0.5, 0.6) is 0 Å². The Bertz CT molecular complexity index is 207. The zero-order chi connectivity index (χ0) is 12.3. The Hall–Kier alpha value is -0.0800. The van der Waals surface area contributed by atoms with E-state index >= 15 is 0 Å². The predicted molar refractivity (Wildman–Crippen MR) is 71.7 cm³/mol. The third-order valence-electron chi connectivity index (χ3n) is 4.48. The number of hydrogen-bond acceptors (Lipinski definition) is 2. The minimum absolute atomic E-state index is 0.464. The summed E-state index contributed by atoms with van der Waals surface area (Å²) in [7, 11) is 4.37. The Labute approximate surface area is 102 Å². The van der Waals surface area contributed by atoms with Crippen molar-refractivity contribution >= 4 is 0 Å². The molecule has 16 heavy (non-hydrogen) atoms. The van der Waals surface area contributed by atoms with Gasteiger partial charge in [0.25, 0.3) is 0 Å². The highest BCUT2D eigenvalue weighted by molar-refractivity contribution is 4.92. The molecule has 0 aliphatic heterocycles. The van der Waals surface area contributed by atoms with Crippen molar-refractivity contribution in [2.75, 3.05) is 20.6 Å². The second kappa shape index (κ2) is 5.50. The third-order valence-corrected chi connectivity index (χ3v) is 4.48. The number of likely N-dealkylation sites (N-methyl/N-ethyl adjacent to an activating group) is 2. The van der Waals surface area contributed by atoms with Crippen LogP contribution in [0.2, 0.25) is 0 Å². The molecule has 1 aliphatic carbocycles. The molecule has 1 saturated carbocycles. The van der Waals surface area contributed by atoms with Gasteiger partial charge in [-0.25, -0.2) is 0 Å². The Morgan fingerprint density at radius 3 is 2.31 bits per heavy atom. The molecule has 2 nitrogen and oxygen atoms in total. The third kappa shape index (κ3) is 3.21. The summed E-state index contributed by atoms with van der Waals surface area (Å²) in [5.41, 5.74) is 0.464. The van der Waals surface area contributed by atoms with Crippen LogP contribution in [-0.2, 0) is 0 Å². The van der Waals surface area contributed by atoms with Gasteiger partial charge in [-0.05, 0) is 51.2 Å². The van der Waals surface area contributed by atoms with E-state index < -0.39 is 0 Å². The molecule has 0 radical (unpaired) electrons. The summed E-state index contributed by atoms with van der Waals surface area (Å²) >= 11 is 0. The molecule has 1 aliphatic rings. The zero-order valence-corrected chi connectivity index (χ0v) is 12.0. The van der Waals surface area contributed by atoms with Gasteiger partial charge in [0.15, 0.2) is 0 Å². The standard InChI is InChI=1S/C14H30N2/c1-7-16(6)13-10-11(14(2,3)4)8-9-12(13)15-5/h11-13,15H,7-10H2,1-6H3. The molecule has 3 atom stereocenters. The van der Waals surface area contributed by atoms with Crippen LogP contribution in [-0.4, -0.2) is 37.6 Å². The van der Waals surface area contributed by atoms with Crippen LogP contribution in [0.3, 0.4) is 0 Å². The first kappa shape index (κ1) is 14.0. The number of nitrogens with one attached hydrogen (secondary N) is 1. The molecule has 0 amide bonds. The normalized spacial score (nSPS) is 32.1. The van der Waals surface area contributed by atoms with Gasteiger partial charge < -0.3 is 10.2 Å². The predicted octanol–water partition coefficient (Wildman–Crippen LogP) is 2.74. The molecule has 0 aromatic carbocycles. The van der Waals surface area contributed by atoms with Crippen molar-refractivity contribution in [2.24, 2.45) is 11.3 Å². The van der Waals surface area contributed by atoms with Crippen molar-refractivity contribution in [2.45, 2.75) is 59.0 Å². The smallest absolute Gasteiger partial charge is 0.0248 e. The van der Waals surface area contributed by atoms with Crippen molar-refractivity contribution in [3.8, 4) is 0 Å². The van der Waals surface area contributed by atoms with Gasteiger partial charge >= 0.3 is 0 Å². The minimum atomic E-state index is 0.464. The Morgan fingerprint density at radius 1 is 1.25 bits per heavy atom. The fourth-order valence-electron chi connectivity index (χ4n) is 2.99. The van der Waals surface area contributed by atoms with E-state index in [1.165, 1.54) is 19.3 Å². The molecule has 96 valence electrons. The molecule has 3 unspecified atom stereocenters. The molecule has 0 aromatic heterocycles. The summed E-state index contributed by atoms with van der Waals surface area (Å²) in [6.07, 6.45) is 4.05. The first-order valence-corrected chi connectivity index (χ1v) is 6.77. The molecule has 0 spiro atoms. The molecule has 1 N–H and O–H groups in total. The fraction of sp³-hybridized carbons (Fsp3) is 1.00. The average molecular weight is 226 g/mol. The maximum Gasteiger partial charge on any atom is 0.0248 e. The van der Waals surface area contributed by atoms with Gasteiger partial charge in [0.1, 0.15) is 0 Å². The van der Waals surface area contributed by atoms with Crippen LogP contribution >= 0.6 is 0 Å². The molecule has 0 heterocycles. The summed E-state index contributed by atoms with van der Waals surface area (Å²) in [4.78, 5) is 2.51. The van der Waals surface area contributed by atoms with E-state index in [4.69, 9.17) is 0 Å². The largest absolute Gasteiger partial charge is 0.315 e. The van der Waals surface area contributed by atoms with Gasteiger partial charge in [-0.3, -0.25) is 0 Å². The highest BCUT2D eigenvalue weighted by Gasteiger charge is 2.36. The van der Waals surface area contributed by atoms with Crippen LogP contribution < -0.4 is 5.32 Å². The minimum Gasteiger partial charge on any atom is -0.315 e. The van der Waals surface area contributed by atoms with Crippen LogP contribution in [0.4, 0.5) is 0 Å². The number of nitrogens with zero attached hydrogens (tertiary/aromatic N) is 1. The first-order valence-electron chi connectivity index (χ1n) is 6.77. The van der Waals surface area contributed by atoms with E-state index in [0.717, 1.165) is 12.5 Å². The highest BCUT2D eigenvalue weighted by atomic mass is 15.2. The second-order valence-corrected chi connectivity index (χ2v) is 6.41.